The number of anilines is 1. The van der Waals surface area contributed by atoms with Crippen LogP contribution in [0.25, 0.3) is 0 Å². The van der Waals surface area contributed by atoms with Crippen LogP contribution in [-0.4, -0.2) is 37.4 Å². The Kier molecular flexibility index (Phi) is 3.24. The molecule has 1 unspecified atom stereocenters. The second-order valence-corrected chi connectivity index (χ2v) is 4.57. The lowest BCUT2D eigenvalue weighted by Gasteiger charge is -2.16. The van der Waals surface area contributed by atoms with Gasteiger partial charge in [0.05, 0.1) is 11.6 Å². The third-order valence-electron chi connectivity index (χ3n) is 2.84. The molecule has 0 N–H and O–H groups in total. The first-order chi connectivity index (χ1) is 8.09. The fourth-order valence-corrected chi connectivity index (χ4v) is 2.13. The highest BCUT2D eigenvalue weighted by Crippen LogP contribution is 2.26. The summed E-state index contributed by atoms with van der Waals surface area (Å²) in [5.41, 5.74) is 0.670. The van der Waals surface area contributed by atoms with Crippen molar-refractivity contribution in [2.45, 2.75) is 6.42 Å². The van der Waals surface area contributed by atoms with Crippen LogP contribution in [0.5, 0.6) is 0 Å². The Morgan fingerprint density at radius 1 is 1.24 bits per heavy atom. The van der Waals surface area contributed by atoms with Crippen molar-refractivity contribution >= 4 is 17.5 Å². The number of rotatable bonds is 3. The van der Waals surface area contributed by atoms with Crippen LogP contribution >= 0.6 is 0 Å². The van der Waals surface area contributed by atoms with E-state index in [1.54, 1.807) is 12.1 Å². The van der Waals surface area contributed by atoms with Gasteiger partial charge in [0.15, 0.2) is 0 Å². The highest BCUT2D eigenvalue weighted by atomic mass is 16.2. The minimum atomic E-state index is -0.210. The number of carbonyl (C=O) groups is 2. The van der Waals surface area contributed by atoms with Crippen LogP contribution in [-0.2, 0) is 9.59 Å². The van der Waals surface area contributed by atoms with E-state index in [0.29, 0.717) is 18.7 Å². The topological polar surface area (TPSA) is 40.6 Å². The zero-order valence-electron chi connectivity index (χ0n) is 10.1. The molecule has 2 amide bonds. The Morgan fingerprint density at radius 2 is 1.88 bits per heavy atom. The summed E-state index contributed by atoms with van der Waals surface area (Å²) in [6, 6.07) is 9.10. The Morgan fingerprint density at radius 3 is 2.47 bits per heavy atom. The first kappa shape index (κ1) is 11.8. The molecule has 1 atom stereocenters. The molecule has 90 valence electrons. The molecule has 1 aromatic carbocycles. The Balaban J connectivity index is 2.20. The van der Waals surface area contributed by atoms with Crippen LogP contribution in [0.4, 0.5) is 5.69 Å². The van der Waals surface area contributed by atoms with E-state index in [4.69, 9.17) is 0 Å². The number of hydrogen-bond acceptors (Lipinski definition) is 3. The summed E-state index contributed by atoms with van der Waals surface area (Å²) in [5.74, 6) is -0.402. The molecule has 4 nitrogen and oxygen atoms in total. The molecule has 0 aliphatic carbocycles. The van der Waals surface area contributed by atoms with E-state index in [1.807, 2.05) is 37.2 Å². The van der Waals surface area contributed by atoms with E-state index in [0.717, 1.165) is 0 Å². The summed E-state index contributed by atoms with van der Waals surface area (Å²) in [5, 5.41) is 0. The number of carbonyl (C=O) groups excluding carboxylic acids is 2. The van der Waals surface area contributed by atoms with Crippen molar-refractivity contribution in [3.8, 4) is 0 Å². The predicted octanol–water partition coefficient (Wildman–Crippen LogP) is 1.13. The molecule has 17 heavy (non-hydrogen) atoms. The average molecular weight is 232 g/mol. The Labute approximate surface area is 101 Å². The van der Waals surface area contributed by atoms with Gasteiger partial charge in [-0.05, 0) is 26.2 Å². The number of nitrogens with zero attached hydrogens (tertiary/aromatic N) is 2. The summed E-state index contributed by atoms with van der Waals surface area (Å²) < 4.78 is 0. The van der Waals surface area contributed by atoms with Crippen molar-refractivity contribution in [2.75, 3.05) is 25.5 Å². The van der Waals surface area contributed by atoms with E-state index in [-0.39, 0.29) is 17.7 Å². The van der Waals surface area contributed by atoms with Crippen LogP contribution in [0, 0.1) is 5.92 Å². The van der Waals surface area contributed by atoms with E-state index < -0.39 is 0 Å². The van der Waals surface area contributed by atoms with Crippen molar-refractivity contribution in [2.24, 2.45) is 5.92 Å². The molecule has 0 bridgehead atoms. The minimum absolute atomic E-state index is 0.0881. The molecule has 1 aromatic rings. The molecule has 1 aliphatic heterocycles. The molecular weight excluding hydrogens is 216 g/mol. The van der Waals surface area contributed by atoms with Crippen LogP contribution in [0.1, 0.15) is 6.42 Å². The van der Waals surface area contributed by atoms with Crippen molar-refractivity contribution in [3.05, 3.63) is 30.3 Å². The number of imide groups is 1. The number of benzene rings is 1. The maximum atomic E-state index is 12.1. The van der Waals surface area contributed by atoms with E-state index in [2.05, 4.69) is 0 Å². The van der Waals surface area contributed by atoms with Gasteiger partial charge >= 0.3 is 0 Å². The van der Waals surface area contributed by atoms with Gasteiger partial charge in [0.1, 0.15) is 0 Å². The van der Waals surface area contributed by atoms with Gasteiger partial charge in [-0.15, -0.1) is 0 Å². The van der Waals surface area contributed by atoms with Crippen LogP contribution < -0.4 is 4.90 Å². The number of para-hydroxylation sites is 1. The fraction of sp³-hybridized carbons (Fsp3) is 0.385. The third kappa shape index (κ3) is 2.36. The van der Waals surface area contributed by atoms with E-state index in [1.165, 1.54) is 4.90 Å². The van der Waals surface area contributed by atoms with Crippen LogP contribution in [0.3, 0.4) is 0 Å². The monoisotopic (exact) mass is 232 g/mol. The number of amides is 2. The summed E-state index contributed by atoms with van der Waals surface area (Å²) >= 11 is 0. The van der Waals surface area contributed by atoms with Gasteiger partial charge in [0.25, 0.3) is 0 Å². The van der Waals surface area contributed by atoms with Gasteiger partial charge in [-0.3, -0.25) is 14.5 Å². The van der Waals surface area contributed by atoms with Gasteiger partial charge in [0.2, 0.25) is 11.8 Å². The SMILES string of the molecule is CN(C)CC1CC(=O)N(c2ccccc2)C1=O. The predicted molar refractivity (Wildman–Crippen MR) is 65.6 cm³/mol. The molecule has 1 fully saturated rings. The van der Waals surface area contributed by atoms with Gasteiger partial charge in [-0.2, -0.15) is 0 Å². The molecule has 1 heterocycles. The highest BCUT2D eigenvalue weighted by molar-refractivity contribution is 6.20. The Hall–Kier alpha value is -1.68. The highest BCUT2D eigenvalue weighted by Gasteiger charge is 2.39. The molecule has 0 aromatic heterocycles. The lowest BCUT2D eigenvalue weighted by atomic mass is 10.1. The average Bonchev–Trinajstić information content (AvgIpc) is 2.54. The van der Waals surface area contributed by atoms with Gasteiger partial charge < -0.3 is 4.90 Å². The van der Waals surface area contributed by atoms with Crippen LogP contribution in [0.2, 0.25) is 0 Å². The standard InChI is InChI=1S/C13H16N2O2/c1-14(2)9-10-8-12(16)15(13(10)17)11-6-4-3-5-7-11/h3-7,10H,8-9H2,1-2H3. The molecule has 4 heteroatoms. The van der Waals surface area contributed by atoms with Crippen molar-refractivity contribution in [1.82, 2.24) is 4.90 Å². The Bertz CT molecular complexity index is 428. The zero-order chi connectivity index (χ0) is 12.4. The molecule has 0 saturated carbocycles. The summed E-state index contributed by atoms with van der Waals surface area (Å²) in [4.78, 5) is 27.2. The molecule has 1 saturated heterocycles. The summed E-state index contributed by atoms with van der Waals surface area (Å²) in [6.45, 7) is 0.619. The smallest absolute Gasteiger partial charge is 0.238 e. The third-order valence-corrected chi connectivity index (χ3v) is 2.84. The minimum Gasteiger partial charge on any atom is -0.309 e. The summed E-state index contributed by atoms with van der Waals surface area (Å²) in [7, 11) is 3.81. The largest absolute Gasteiger partial charge is 0.309 e. The second kappa shape index (κ2) is 4.67. The normalized spacial score (nSPS) is 20.4. The van der Waals surface area contributed by atoms with E-state index in [9.17, 15) is 9.59 Å². The van der Waals surface area contributed by atoms with E-state index >= 15 is 0 Å². The molecule has 0 spiro atoms. The van der Waals surface area contributed by atoms with Gasteiger partial charge in [0, 0.05) is 13.0 Å². The first-order valence-electron chi connectivity index (χ1n) is 5.66. The maximum Gasteiger partial charge on any atom is 0.238 e. The van der Waals surface area contributed by atoms with Crippen LogP contribution in [0.15, 0.2) is 30.3 Å². The van der Waals surface area contributed by atoms with Gasteiger partial charge in [-0.25, -0.2) is 0 Å². The number of hydrogen-bond donors (Lipinski definition) is 0. The molecule has 1 aliphatic rings. The first-order valence-corrected chi connectivity index (χ1v) is 5.66. The zero-order valence-corrected chi connectivity index (χ0v) is 10.1. The van der Waals surface area contributed by atoms with Crippen molar-refractivity contribution in [1.29, 1.82) is 0 Å². The lowest BCUT2D eigenvalue weighted by Crippen LogP contribution is -2.33. The fourth-order valence-electron chi connectivity index (χ4n) is 2.13. The van der Waals surface area contributed by atoms with Crippen molar-refractivity contribution in [3.63, 3.8) is 0 Å². The molecule has 2 rings (SSSR count). The summed E-state index contributed by atoms with van der Waals surface area (Å²) in [6.07, 6.45) is 0.311. The van der Waals surface area contributed by atoms with Gasteiger partial charge in [-0.1, -0.05) is 18.2 Å². The quantitative estimate of drug-likeness (QED) is 0.733. The molecule has 0 radical (unpaired) electrons. The second-order valence-electron chi connectivity index (χ2n) is 4.57. The molecular formula is C13H16N2O2. The van der Waals surface area contributed by atoms with Crippen molar-refractivity contribution < 1.29 is 9.59 Å². The lowest BCUT2D eigenvalue weighted by molar-refractivity contribution is -0.122. The maximum absolute atomic E-state index is 12.1.